The van der Waals surface area contributed by atoms with Gasteiger partial charge in [-0.1, -0.05) is 137 Å². The number of furan rings is 1. The van der Waals surface area contributed by atoms with Gasteiger partial charge >= 0.3 is 0 Å². The van der Waals surface area contributed by atoms with E-state index in [1.807, 2.05) is 24.4 Å². The first-order valence-corrected chi connectivity index (χ1v) is 23.0. The van der Waals surface area contributed by atoms with Gasteiger partial charge < -0.3 is 9.40 Å². The van der Waals surface area contributed by atoms with Gasteiger partial charge in [-0.05, 0) is 106 Å². The molecule has 0 saturated carbocycles. The fourth-order valence-corrected chi connectivity index (χ4v) is 10.6. The highest BCUT2D eigenvalue weighted by molar-refractivity contribution is 6.18. The van der Waals surface area contributed by atoms with Crippen molar-refractivity contribution in [1.82, 2.24) is 24.1 Å². The minimum Gasteiger partial charge on any atom is -0.456 e. The van der Waals surface area contributed by atoms with E-state index < -0.39 is 0 Å². The molecule has 0 saturated heterocycles. The van der Waals surface area contributed by atoms with Crippen molar-refractivity contribution in [3.05, 3.63) is 193 Å². The summed E-state index contributed by atoms with van der Waals surface area (Å²) < 4.78 is 11.1. The average molecular weight is 852 g/mol. The summed E-state index contributed by atoms with van der Waals surface area (Å²) in [6.07, 6.45) is 1.87. The van der Waals surface area contributed by atoms with Crippen LogP contribution in [0.3, 0.4) is 0 Å². The highest BCUT2D eigenvalue weighted by atomic mass is 16.3. The smallest absolute Gasteiger partial charge is 0.147 e. The van der Waals surface area contributed by atoms with E-state index in [0.717, 1.165) is 99.8 Å². The van der Waals surface area contributed by atoms with Crippen LogP contribution in [0, 0.1) is 0 Å². The molecule has 0 aliphatic rings. The molecule has 0 spiro atoms. The third kappa shape index (κ3) is 5.74. The highest BCUT2D eigenvalue weighted by Crippen LogP contribution is 2.43. The maximum absolute atomic E-state index is 6.42. The zero-order valence-corrected chi connectivity index (χ0v) is 37.2. The molecule has 0 fully saturated rings. The van der Waals surface area contributed by atoms with Gasteiger partial charge in [-0.25, -0.2) is 9.97 Å². The third-order valence-electron chi connectivity index (χ3n) is 13.7. The van der Waals surface area contributed by atoms with E-state index in [0.29, 0.717) is 11.8 Å². The van der Waals surface area contributed by atoms with E-state index in [9.17, 15) is 0 Å². The number of fused-ring (bicyclic) bond motifs is 10. The van der Waals surface area contributed by atoms with Crippen LogP contribution in [0.4, 0.5) is 0 Å². The Kier molecular flexibility index (Phi) is 8.50. The first kappa shape index (κ1) is 38.3. The number of nitrogens with zero attached hydrogens (tertiary/aromatic N) is 4. The van der Waals surface area contributed by atoms with Gasteiger partial charge in [-0.15, -0.1) is 0 Å². The van der Waals surface area contributed by atoms with Gasteiger partial charge in [-0.2, -0.15) is 0 Å². The molecule has 5 heterocycles. The molecule has 6 nitrogen and oxygen atoms in total. The normalized spacial score (nSPS) is 12.2. The Labute approximate surface area is 381 Å². The summed E-state index contributed by atoms with van der Waals surface area (Å²) in [6, 6.07) is 63.3. The zero-order chi connectivity index (χ0) is 44.2. The van der Waals surface area contributed by atoms with Crippen LogP contribution in [0.25, 0.3) is 122 Å². The topological polar surface area (TPSA) is 64.6 Å². The molecule has 0 amide bonds. The molecule has 0 bridgehead atoms. The Bertz CT molecular complexity index is 4020. The van der Waals surface area contributed by atoms with Crippen molar-refractivity contribution in [1.29, 1.82) is 0 Å². The van der Waals surface area contributed by atoms with Crippen molar-refractivity contribution in [3.8, 4) is 45.1 Å². The van der Waals surface area contributed by atoms with Crippen molar-refractivity contribution in [2.75, 3.05) is 0 Å². The third-order valence-corrected chi connectivity index (χ3v) is 13.7. The Hall–Kier alpha value is -8.22. The number of hydrogen-bond donors (Lipinski definition) is 1. The van der Waals surface area contributed by atoms with Crippen molar-refractivity contribution in [2.24, 2.45) is 0 Å². The van der Waals surface area contributed by atoms with Crippen LogP contribution in [0.5, 0.6) is 0 Å². The molecule has 1 N–H and O–H groups in total. The molecular formula is C60H45N5O. The fraction of sp³-hybridized carbons (Fsp3) is 0.100. The number of para-hydroxylation sites is 4. The summed E-state index contributed by atoms with van der Waals surface area (Å²) in [5.41, 5.74) is 17.6. The number of nitrogens with one attached hydrogen (secondary N) is 1. The fourth-order valence-electron chi connectivity index (χ4n) is 10.6. The molecule has 0 aliphatic carbocycles. The second kappa shape index (κ2) is 14.7. The molecule has 0 atom stereocenters. The summed E-state index contributed by atoms with van der Waals surface area (Å²) in [7, 11) is 0. The van der Waals surface area contributed by atoms with Crippen molar-refractivity contribution in [3.63, 3.8) is 0 Å². The van der Waals surface area contributed by atoms with Crippen molar-refractivity contribution >= 4 is 76.6 Å². The number of pyridine rings is 1. The number of aromatic amines is 1. The monoisotopic (exact) mass is 851 g/mol. The summed E-state index contributed by atoms with van der Waals surface area (Å²) >= 11 is 0. The van der Waals surface area contributed by atoms with E-state index in [2.05, 4.69) is 200 Å². The summed E-state index contributed by atoms with van der Waals surface area (Å²) in [6.45, 7) is 9.16. The van der Waals surface area contributed by atoms with Crippen LogP contribution in [-0.2, 0) is 0 Å². The maximum atomic E-state index is 6.42. The summed E-state index contributed by atoms with van der Waals surface area (Å²) in [5, 5.41) is 6.81. The molecule has 13 aromatic rings. The second-order valence-corrected chi connectivity index (χ2v) is 18.2. The van der Waals surface area contributed by atoms with Gasteiger partial charge in [0, 0.05) is 60.8 Å². The molecule has 0 radical (unpaired) electrons. The van der Waals surface area contributed by atoms with Crippen LogP contribution in [0.1, 0.15) is 50.7 Å². The number of H-pyrrole nitrogens is 1. The van der Waals surface area contributed by atoms with Gasteiger partial charge in [0.2, 0.25) is 0 Å². The number of imidazole rings is 1. The van der Waals surface area contributed by atoms with E-state index in [-0.39, 0.29) is 0 Å². The largest absolute Gasteiger partial charge is 0.456 e. The van der Waals surface area contributed by atoms with Crippen LogP contribution in [0.15, 0.2) is 187 Å². The number of hydrogen-bond acceptors (Lipinski definition) is 3. The first-order chi connectivity index (χ1) is 32.4. The second-order valence-electron chi connectivity index (χ2n) is 18.2. The molecule has 316 valence electrons. The van der Waals surface area contributed by atoms with E-state index in [1.54, 1.807) is 0 Å². The first-order valence-electron chi connectivity index (χ1n) is 23.0. The number of aromatic nitrogens is 5. The summed E-state index contributed by atoms with van der Waals surface area (Å²) in [4.78, 5) is 14.4. The lowest BCUT2D eigenvalue weighted by Crippen LogP contribution is -2.01. The minimum absolute atomic E-state index is 0.398. The molecular weight excluding hydrogens is 807 g/mol. The molecule has 8 aromatic carbocycles. The summed E-state index contributed by atoms with van der Waals surface area (Å²) in [5.74, 6) is 2.54. The molecule has 0 unspecified atom stereocenters. The Morgan fingerprint density at radius 2 is 1.18 bits per heavy atom. The molecule has 6 heteroatoms. The van der Waals surface area contributed by atoms with Gasteiger partial charge in [0.15, 0.2) is 0 Å². The predicted molar refractivity (Wildman–Crippen MR) is 274 cm³/mol. The van der Waals surface area contributed by atoms with Gasteiger partial charge in [0.25, 0.3) is 0 Å². The standard InChI is InChI=1S/C60H45N5O/c1-35(2)40-16-11-17-41(36(3)4)57(40)37-25-28-39(29-26-37)64-51-22-13-18-42(59(51)63-60(64)47-20-12-19-46-43-14-5-7-21-50(43)62-58(46)47)38-27-30-44-48-34-55-49(45-15-6-8-23-54(45)66-55)33-53(48)65(52(44)32-38)56-24-9-10-31-61-56/h5-36,62H,1-4H3. The maximum Gasteiger partial charge on any atom is 0.147 e. The molecule has 0 aliphatic heterocycles. The van der Waals surface area contributed by atoms with Crippen LogP contribution < -0.4 is 0 Å². The van der Waals surface area contributed by atoms with Crippen LogP contribution in [0.2, 0.25) is 0 Å². The van der Waals surface area contributed by atoms with Gasteiger partial charge in [0.05, 0.1) is 27.6 Å². The van der Waals surface area contributed by atoms with E-state index in [4.69, 9.17) is 14.4 Å². The zero-order valence-electron chi connectivity index (χ0n) is 37.2. The van der Waals surface area contributed by atoms with E-state index in [1.165, 1.54) is 33.0 Å². The lowest BCUT2D eigenvalue weighted by atomic mass is 9.85. The Morgan fingerprint density at radius 3 is 1.98 bits per heavy atom. The SMILES string of the molecule is CC(C)c1cccc(C(C)C)c1-c1ccc(-n2c(-c3cccc4c3[nH]c3ccccc34)nc3c(-c4ccc5c6cc7oc8ccccc8c7cc6n(-c6ccccn6)c5c4)cccc32)cc1. The molecule has 5 aromatic heterocycles. The minimum atomic E-state index is 0.398. The lowest BCUT2D eigenvalue weighted by molar-refractivity contribution is 0.669. The average Bonchev–Trinajstić information content (AvgIpc) is 4.12. The van der Waals surface area contributed by atoms with Gasteiger partial charge in [-0.3, -0.25) is 9.13 Å². The van der Waals surface area contributed by atoms with Crippen LogP contribution in [-0.4, -0.2) is 24.1 Å². The molecule has 66 heavy (non-hydrogen) atoms. The Balaban J connectivity index is 1.05. The number of benzene rings is 8. The van der Waals surface area contributed by atoms with E-state index >= 15 is 0 Å². The predicted octanol–water partition coefficient (Wildman–Crippen LogP) is 16.3. The van der Waals surface area contributed by atoms with Crippen molar-refractivity contribution in [2.45, 2.75) is 39.5 Å². The quantitative estimate of drug-likeness (QED) is 0.174. The van der Waals surface area contributed by atoms with Gasteiger partial charge in [0.1, 0.15) is 22.8 Å². The van der Waals surface area contributed by atoms with Crippen LogP contribution >= 0.6 is 0 Å². The van der Waals surface area contributed by atoms with Crippen molar-refractivity contribution < 1.29 is 4.42 Å². The Morgan fingerprint density at radius 1 is 0.485 bits per heavy atom. The lowest BCUT2D eigenvalue weighted by Gasteiger charge is -2.20. The molecule has 13 rings (SSSR count). The highest BCUT2D eigenvalue weighted by Gasteiger charge is 2.23. The number of rotatable bonds is 7.